The summed E-state index contributed by atoms with van der Waals surface area (Å²) in [5.41, 5.74) is 8.02. The van der Waals surface area contributed by atoms with E-state index in [9.17, 15) is 9.59 Å². The fraction of sp³-hybridized carbons (Fsp3) is 0.154. The molecule has 5 rings (SSSR count). The fourth-order valence-corrected chi connectivity index (χ4v) is 3.75. The molecular weight excluding hydrogens is 466 g/mol. The van der Waals surface area contributed by atoms with Gasteiger partial charge in [0.15, 0.2) is 5.69 Å². The van der Waals surface area contributed by atoms with E-state index in [2.05, 4.69) is 21.2 Å². The second kappa shape index (κ2) is 9.99. The van der Waals surface area contributed by atoms with Crippen LogP contribution in [0, 0.1) is 0 Å². The van der Waals surface area contributed by atoms with Crippen molar-refractivity contribution >= 4 is 23.4 Å². The molecule has 1 heterocycles. The number of nitrogens with one attached hydrogen (secondary N) is 2. The molecule has 1 aliphatic carbocycles. The topological polar surface area (TPSA) is 98.1 Å². The molecule has 1 fully saturated rings. The van der Waals surface area contributed by atoms with E-state index in [-0.39, 0.29) is 11.6 Å². The molecule has 9 heteroatoms. The largest absolute Gasteiger partial charge is 0.489 e. The average Bonchev–Trinajstić information content (AvgIpc) is 3.65. The minimum Gasteiger partial charge on any atom is -0.489 e. The van der Waals surface area contributed by atoms with Gasteiger partial charge in [-0.3, -0.25) is 20.4 Å². The first-order valence-corrected chi connectivity index (χ1v) is 11.6. The van der Waals surface area contributed by atoms with Gasteiger partial charge in [0.1, 0.15) is 12.4 Å². The normalized spacial score (nSPS) is 12.7. The van der Waals surface area contributed by atoms with E-state index in [0.717, 1.165) is 29.8 Å². The third-order valence-corrected chi connectivity index (χ3v) is 5.86. The van der Waals surface area contributed by atoms with E-state index in [4.69, 9.17) is 16.3 Å². The smallest absolute Gasteiger partial charge is 0.292 e. The zero-order chi connectivity index (χ0) is 24.2. The van der Waals surface area contributed by atoms with E-state index in [1.807, 2.05) is 30.3 Å². The number of amides is 2. The number of hydrogen-bond acceptors (Lipinski definition) is 5. The zero-order valence-electron chi connectivity index (χ0n) is 18.6. The maximum atomic E-state index is 12.8. The average molecular weight is 488 g/mol. The Hall–Kier alpha value is -4.17. The van der Waals surface area contributed by atoms with Gasteiger partial charge in [-0.25, -0.2) is 4.68 Å². The summed E-state index contributed by atoms with van der Waals surface area (Å²) in [6.07, 6.45) is 1.95. The number of para-hydroxylation sites is 1. The van der Waals surface area contributed by atoms with Crippen LogP contribution in [0.1, 0.15) is 50.9 Å². The Balaban J connectivity index is 1.19. The third-order valence-electron chi connectivity index (χ3n) is 5.61. The van der Waals surface area contributed by atoms with Gasteiger partial charge in [0.05, 0.1) is 11.4 Å². The summed E-state index contributed by atoms with van der Waals surface area (Å²) in [4.78, 5) is 25.4. The van der Waals surface area contributed by atoms with Gasteiger partial charge in [-0.15, -0.1) is 5.10 Å². The summed E-state index contributed by atoms with van der Waals surface area (Å²) in [5.74, 6) is -0.0136. The number of nitrogens with zero attached hydrogens (tertiary/aromatic N) is 3. The van der Waals surface area contributed by atoms with E-state index in [1.54, 1.807) is 53.2 Å². The lowest BCUT2D eigenvalue weighted by molar-refractivity contribution is 0.0843. The van der Waals surface area contributed by atoms with Crippen LogP contribution in [0.5, 0.6) is 5.75 Å². The maximum absolute atomic E-state index is 12.8. The second-order valence-corrected chi connectivity index (χ2v) is 8.63. The van der Waals surface area contributed by atoms with Crippen molar-refractivity contribution in [3.05, 3.63) is 106 Å². The Labute approximate surface area is 206 Å². The van der Waals surface area contributed by atoms with Gasteiger partial charge < -0.3 is 4.74 Å². The quantitative estimate of drug-likeness (QED) is 0.375. The number of aromatic nitrogens is 3. The van der Waals surface area contributed by atoms with E-state index in [0.29, 0.717) is 22.9 Å². The molecule has 176 valence electrons. The zero-order valence-corrected chi connectivity index (χ0v) is 19.4. The molecule has 4 aromatic rings. The Morgan fingerprint density at radius 1 is 0.914 bits per heavy atom. The monoisotopic (exact) mass is 487 g/mol. The summed E-state index contributed by atoms with van der Waals surface area (Å²) in [6.45, 7) is 0.348. The lowest BCUT2D eigenvalue weighted by Gasteiger charge is -2.09. The molecular formula is C26H22ClN5O3. The summed E-state index contributed by atoms with van der Waals surface area (Å²) < 4.78 is 7.41. The molecule has 0 aliphatic heterocycles. The van der Waals surface area contributed by atoms with Gasteiger partial charge in [0, 0.05) is 16.5 Å². The van der Waals surface area contributed by atoms with Crippen molar-refractivity contribution in [1.29, 1.82) is 0 Å². The first-order valence-electron chi connectivity index (χ1n) is 11.2. The van der Waals surface area contributed by atoms with Crippen molar-refractivity contribution in [2.24, 2.45) is 0 Å². The molecule has 0 saturated heterocycles. The van der Waals surface area contributed by atoms with Crippen molar-refractivity contribution in [1.82, 2.24) is 25.8 Å². The number of hydrazine groups is 1. The van der Waals surface area contributed by atoms with E-state index in [1.165, 1.54) is 0 Å². The van der Waals surface area contributed by atoms with Gasteiger partial charge in [-0.1, -0.05) is 47.1 Å². The molecule has 1 saturated carbocycles. The van der Waals surface area contributed by atoms with Gasteiger partial charge >= 0.3 is 0 Å². The highest BCUT2D eigenvalue weighted by molar-refractivity contribution is 6.30. The van der Waals surface area contributed by atoms with Crippen molar-refractivity contribution in [2.45, 2.75) is 25.4 Å². The number of hydrogen-bond donors (Lipinski definition) is 2. The van der Waals surface area contributed by atoms with Crippen LogP contribution < -0.4 is 15.6 Å². The Morgan fingerprint density at radius 3 is 2.29 bits per heavy atom. The molecule has 0 unspecified atom stereocenters. The van der Waals surface area contributed by atoms with Gasteiger partial charge in [-0.05, 0) is 66.9 Å². The molecule has 2 N–H and O–H groups in total. The van der Waals surface area contributed by atoms with Crippen LogP contribution in [0.2, 0.25) is 5.02 Å². The first-order chi connectivity index (χ1) is 17.1. The van der Waals surface area contributed by atoms with Gasteiger partial charge in [0.25, 0.3) is 11.8 Å². The van der Waals surface area contributed by atoms with Crippen LogP contribution in [0.25, 0.3) is 5.69 Å². The molecule has 35 heavy (non-hydrogen) atoms. The number of carbonyl (C=O) groups is 2. The number of rotatable bonds is 7. The van der Waals surface area contributed by atoms with Crippen molar-refractivity contribution in [3.8, 4) is 11.4 Å². The SMILES string of the molecule is O=C(NNC(=O)c1nnn(-c2ccccc2)c1C1CC1)c1ccc(COc2ccc(Cl)cc2)cc1. The van der Waals surface area contributed by atoms with Gasteiger partial charge in [0.2, 0.25) is 0 Å². The third kappa shape index (κ3) is 5.33. The summed E-state index contributed by atoms with van der Waals surface area (Å²) in [5, 5.41) is 8.92. The molecule has 1 aromatic heterocycles. The van der Waals surface area contributed by atoms with Crippen LogP contribution >= 0.6 is 11.6 Å². The van der Waals surface area contributed by atoms with E-state index >= 15 is 0 Å². The molecule has 1 aliphatic rings. The molecule has 2 amide bonds. The second-order valence-electron chi connectivity index (χ2n) is 8.19. The Morgan fingerprint density at radius 2 is 1.60 bits per heavy atom. The minimum absolute atomic E-state index is 0.214. The minimum atomic E-state index is -0.504. The van der Waals surface area contributed by atoms with Crippen LogP contribution in [0.4, 0.5) is 0 Å². The Bertz CT molecular complexity index is 1330. The van der Waals surface area contributed by atoms with Crippen LogP contribution in [-0.4, -0.2) is 26.8 Å². The molecule has 3 aromatic carbocycles. The number of ether oxygens (including phenoxy) is 1. The molecule has 8 nitrogen and oxygen atoms in total. The van der Waals surface area contributed by atoms with Crippen molar-refractivity contribution < 1.29 is 14.3 Å². The standard InChI is InChI=1S/C26H22ClN5O3/c27-20-12-14-22(15-13-20)35-16-17-6-8-19(9-7-17)25(33)29-30-26(34)23-24(18-10-11-18)32(31-28-23)21-4-2-1-3-5-21/h1-9,12-15,18H,10-11,16H2,(H,29,33)(H,30,34). The predicted octanol–water partition coefficient (Wildman–Crippen LogP) is 4.45. The van der Waals surface area contributed by atoms with E-state index < -0.39 is 11.8 Å². The molecule has 0 spiro atoms. The van der Waals surface area contributed by atoms with Crippen molar-refractivity contribution in [3.63, 3.8) is 0 Å². The van der Waals surface area contributed by atoms with Crippen LogP contribution in [-0.2, 0) is 6.61 Å². The Kier molecular flexibility index (Phi) is 6.45. The predicted molar refractivity (Wildman–Crippen MR) is 130 cm³/mol. The first kappa shape index (κ1) is 22.6. The summed E-state index contributed by atoms with van der Waals surface area (Å²) >= 11 is 5.88. The summed E-state index contributed by atoms with van der Waals surface area (Å²) in [7, 11) is 0. The fourth-order valence-electron chi connectivity index (χ4n) is 3.63. The van der Waals surface area contributed by atoms with Gasteiger partial charge in [-0.2, -0.15) is 0 Å². The highest BCUT2D eigenvalue weighted by atomic mass is 35.5. The van der Waals surface area contributed by atoms with Crippen LogP contribution in [0.15, 0.2) is 78.9 Å². The highest BCUT2D eigenvalue weighted by Gasteiger charge is 2.34. The number of halogens is 1. The molecule has 0 bridgehead atoms. The molecule has 0 radical (unpaired) electrons. The highest BCUT2D eigenvalue weighted by Crippen LogP contribution is 2.41. The lowest BCUT2D eigenvalue weighted by atomic mass is 10.1. The number of carbonyl (C=O) groups excluding carboxylic acids is 2. The maximum Gasteiger partial charge on any atom is 0.292 e. The lowest BCUT2D eigenvalue weighted by Crippen LogP contribution is -2.42. The van der Waals surface area contributed by atoms with Crippen LogP contribution in [0.3, 0.4) is 0 Å². The molecule has 0 atom stereocenters. The number of benzene rings is 3. The summed E-state index contributed by atoms with van der Waals surface area (Å²) in [6, 6.07) is 23.6. The van der Waals surface area contributed by atoms with Crippen molar-refractivity contribution in [2.75, 3.05) is 0 Å².